The van der Waals surface area contributed by atoms with Gasteiger partial charge in [-0.3, -0.25) is 9.59 Å². The first kappa shape index (κ1) is 17.9. The maximum Gasteiger partial charge on any atom is 0.387 e. The molecule has 2 aromatic rings. The van der Waals surface area contributed by atoms with E-state index in [1.54, 1.807) is 0 Å². The van der Waals surface area contributed by atoms with Gasteiger partial charge in [0.2, 0.25) is 11.6 Å². The van der Waals surface area contributed by atoms with E-state index in [0.717, 1.165) is 12.8 Å². The summed E-state index contributed by atoms with van der Waals surface area (Å²) >= 11 is 0. The Morgan fingerprint density at radius 3 is 2.19 bits per heavy atom. The van der Waals surface area contributed by atoms with Gasteiger partial charge in [-0.2, -0.15) is 8.78 Å². The molecule has 1 aliphatic carbocycles. The predicted octanol–water partition coefficient (Wildman–Crippen LogP) is 5.07. The van der Waals surface area contributed by atoms with Gasteiger partial charge in [0.15, 0.2) is 0 Å². The molecule has 0 unspecified atom stereocenters. The molecular formula is C20H15F3O3. The van der Waals surface area contributed by atoms with E-state index < -0.39 is 24.0 Å². The topological polar surface area (TPSA) is 43.4 Å². The molecule has 0 N–H and O–H groups in total. The molecule has 0 aromatic heterocycles. The van der Waals surface area contributed by atoms with Crippen LogP contribution in [0.5, 0.6) is 5.75 Å². The molecule has 1 saturated carbocycles. The smallest absolute Gasteiger partial charge is 0.387 e. The normalized spacial score (nSPS) is 14.4. The van der Waals surface area contributed by atoms with E-state index in [9.17, 15) is 22.8 Å². The van der Waals surface area contributed by atoms with Crippen molar-refractivity contribution in [1.29, 1.82) is 0 Å². The SMILES string of the molecule is O=C(C(=O)c1cccc(/C(F)=C/C2CC2)c1)c1ccc(OC(F)F)cc1. The van der Waals surface area contributed by atoms with E-state index in [1.165, 1.54) is 54.6 Å². The number of carbonyl (C=O) groups is 2. The maximum atomic E-state index is 14.1. The fourth-order valence-corrected chi connectivity index (χ4v) is 2.42. The maximum absolute atomic E-state index is 14.1. The molecule has 0 spiro atoms. The molecule has 0 amide bonds. The van der Waals surface area contributed by atoms with Crippen molar-refractivity contribution >= 4 is 17.4 Å². The highest BCUT2D eigenvalue weighted by atomic mass is 19.3. The molecule has 3 rings (SSSR count). The molecule has 1 aliphatic rings. The zero-order valence-electron chi connectivity index (χ0n) is 13.6. The molecule has 134 valence electrons. The number of Topliss-reactive ketones (excluding diaryl/α,β-unsaturated/α-hetero) is 2. The van der Waals surface area contributed by atoms with Crippen LogP contribution in [0.1, 0.15) is 39.1 Å². The Morgan fingerprint density at radius 2 is 1.58 bits per heavy atom. The van der Waals surface area contributed by atoms with Crippen molar-refractivity contribution < 1.29 is 27.5 Å². The Labute approximate surface area is 148 Å². The molecule has 0 radical (unpaired) electrons. The second kappa shape index (κ2) is 7.56. The van der Waals surface area contributed by atoms with Crippen LogP contribution in [0.25, 0.3) is 5.83 Å². The van der Waals surface area contributed by atoms with E-state index in [4.69, 9.17) is 0 Å². The molecule has 0 atom stereocenters. The molecule has 0 saturated heterocycles. The van der Waals surface area contributed by atoms with Gasteiger partial charge in [-0.05, 0) is 55.2 Å². The summed E-state index contributed by atoms with van der Waals surface area (Å²) in [6.45, 7) is -2.97. The largest absolute Gasteiger partial charge is 0.435 e. The van der Waals surface area contributed by atoms with Gasteiger partial charge in [0.05, 0.1) is 0 Å². The molecule has 1 fully saturated rings. The highest BCUT2D eigenvalue weighted by molar-refractivity contribution is 6.49. The number of benzene rings is 2. The lowest BCUT2D eigenvalue weighted by Crippen LogP contribution is -2.14. The number of hydrogen-bond acceptors (Lipinski definition) is 3. The number of carbonyl (C=O) groups excluding carboxylic acids is 2. The number of halogens is 3. The first-order chi connectivity index (χ1) is 12.4. The number of allylic oxidation sites excluding steroid dienone is 1. The standard InChI is InChI=1S/C20H15F3O3/c21-17(10-12-4-5-12)14-2-1-3-15(11-14)19(25)18(24)13-6-8-16(9-7-13)26-20(22)23/h1-3,6-12,20H,4-5H2/b17-10-. The third-order valence-corrected chi connectivity index (χ3v) is 3.95. The minimum Gasteiger partial charge on any atom is -0.435 e. The summed E-state index contributed by atoms with van der Waals surface area (Å²) in [7, 11) is 0. The molecule has 6 heteroatoms. The van der Waals surface area contributed by atoms with Gasteiger partial charge in [-0.15, -0.1) is 0 Å². The zero-order chi connectivity index (χ0) is 18.7. The number of ketones is 2. The van der Waals surface area contributed by atoms with Crippen LogP contribution in [0.4, 0.5) is 13.2 Å². The van der Waals surface area contributed by atoms with Crippen molar-refractivity contribution in [3.05, 3.63) is 71.3 Å². The fourth-order valence-electron chi connectivity index (χ4n) is 2.42. The molecular weight excluding hydrogens is 345 g/mol. The van der Waals surface area contributed by atoms with Crippen LogP contribution in [0.15, 0.2) is 54.6 Å². The van der Waals surface area contributed by atoms with E-state index in [-0.39, 0.29) is 28.4 Å². The average molecular weight is 360 g/mol. The summed E-state index contributed by atoms with van der Waals surface area (Å²) < 4.78 is 42.6. The number of rotatable bonds is 7. The van der Waals surface area contributed by atoms with Crippen molar-refractivity contribution in [3.8, 4) is 5.75 Å². The lowest BCUT2D eigenvalue weighted by atomic mass is 9.99. The first-order valence-corrected chi connectivity index (χ1v) is 8.05. The Morgan fingerprint density at radius 1 is 0.962 bits per heavy atom. The average Bonchev–Trinajstić information content (AvgIpc) is 3.44. The minimum atomic E-state index is -2.97. The summed E-state index contributed by atoms with van der Waals surface area (Å²) in [6, 6.07) is 10.6. The quantitative estimate of drug-likeness (QED) is 0.511. The lowest BCUT2D eigenvalue weighted by molar-refractivity contribution is -0.0498. The summed E-state index contributed by atoms with van der Waals surface area (Å²) in [5.74, 6) is -1.89. The second-order valence-electron chi connectivity index (χ2n) is 5.99. The van der Waals surface area contributed by atoms with Crippen molar-refractivity contribution in [2.75, 3.05) is 0 Å². The Kier molecular flexibility index (Phi) is 5.21. The van der Waals surface area contributed by atoms with Crippen LogP contribution in [0.2, 0.25) is 0 Å². The van der Waals surface area contributed by atoms with Gasteiger partial charge in [-0.25, -0.2) is 4.39 Å². The Bertz CT molecular complexity index is 853. The van der Waals surface area contributed by atoms with Crippen LogP contribution in [0.3, 0.4) is 0 Å². The molecule has 2 aromatic carbocycles. The molecule has 0 aliphatic heterocycles. The van der Waals surface area contributed by atoms with E-state index in [2.05, 4.69) is 4.74 Å². The highest BCUT2D eigenvalue weighted by Crippen LogP contribution is 2.34. The van der Waals surface area contributed by atoms with Crippen LogP contribution in [-0.2, 0) is 0 Å². The fraction of sp³-hybridized carbons (Fsp3) is 0.200. The van der Waals surface area contributed by atoms with Crippen molar-refractivity contribution in [2.45, 2.75) is 19.5 Å². The molecule has 0 heterocycles. The van der Waals surface area contributed by atoms with Gasteiger partial charge in [-0.1, -0.05) is 18.2 Å². The summed E-state index contributed by atoms with van der Waals surface area (Å²) in [6.07, 6.45) is 3.43. The predicted molar refractivity (Wildman–Crippen MR) is 90.0 cm³/mol. The van der Waals surface area contributed by atoms with E-state index >= 15 is 0 Å². The highest BCUT2D eigenvalue weighted by Gasteiger charge is 2.22. The second-order valence-corrected chi connectivity index (χ2v) is 5.99. The summed E-state index contributed by atoms with van der Waals surface area (Å²) in [5, 5.41) is 0. The van der Waals surface area contributed by atoms with Crippen LogP contribution in [-0.4, -0.2) is 18.2 Å². The van der Waals surface area contributed by atoms with Crippen LogP contribution < -0.4 is 4.74 Å². The van der Waals surface area contributed by atoms with Crippen molar-refractivity contribution in [3.63, 3.8) is 0 Å². The van der Waals surface area contributed by atoms with Crippen LogP contribution in [0, 0.1) is 5.92 Å². The van der Waals surface area contributed by atoms with Gasteiger partial charge < -0.3 is 4.74 Å². The molecule has 26 heavy (non-hydrogen) atoms. The van der Waals surface area contributed by atoms with E-state index in [0.29, 0.717) is 0 Å². The number of hydrogen-bond donors (Lipinski definition) is 0. The van der Waals surface area contributed by atoms with E-state index in [1.807, 2.05) is 0 Å². The summed E-state index contributed by atoms with van der Waals surface area (Å²) in [5.41, 5.74) is 0.354. The zero-order valence-corrected chi connectivity index (χ0v) is 13.6. The third kappa shape index (κ3) is 4.39. The number of alkyl halides is 2. The lowest BCUT2D eigenvalue weighted by Gasteiger charge is -2.06. The Hall–Kier alpha value is -2.89. The van der Waals surface area contributed by atoms with Gasteiger partial charge in [0.1, 0.15) is 11.6 Å². The van der Waals surface area contributed by atoms with Crippen molar-refractivity contribution in [1.82, 2.24) is 0 Å². The van der Waals surface area contributed by atoms with Gasteiger partial charge in [0.25, 0.3) is 0 Å². The van der Waals surface area contributed by atoms with Gasteiger partial charge >= 0.3 is 6.61 Å². The summed E-state index contributed by atoms with van der Waals surface area (Å²) in [4.78, 5) is 24.7. The third-order valence-electron chi connectivity index (χ3n) is 3.95. The molecule has 0 bridgehead atoms. The van der Waals surface area contributed by atoms with Crippen molar-refractivity contribution in [2.24, 2.45) is 5.92 Å². The minimum absolute atomic E-state index is 0.0380. The monoisotopic (exact) mass is 360 g/mol. The number of ether oxygens (including phenoxy) is 1. The Balaban J connectivity index is 1.77. The van der Waals surface area contributed by atoms with Crippen LogP contribution >= 0.6 is 0 Å². The molecule has 3 nitrogen and oxygen atoms in total. The van der Waals surface area contributed by atoms with Gasteiger partial charge in [0, 0.05) is 16.7 Å². The first-order valence-electron chi connectivity index (χ1n) is 8.05.